The Hall–Kier alpha value is -3.47. The van der Waals surface area contributed by atoms with Crippen molar-refractivity contribution >= 4 is 17.7 Å². The number of aromatic nitrogens is 1. The SMILES string of the molecule is CC(C)(C)c1cc(/C=N\NC(=Nc2ccccc2)c2ccccn2)cc(C(C)(C)C)c1O. The number of aliphatic imine (C=N–C) groups is 1. The van der Waals surface area contributed by atoms with Gasteiger partial charge in [-0.3, -0.25) is 10.4 Å². The standard InChI is InChI=1S/C27H32N4O/c1-26(2,3)21-16-19(17-22(24(21)32)27(4,5)6)18-29-31-25(23-14-10-11-15-28-23)30-20-12-8-7-9-13-20/h7-18,32H,1-6H3,(H,30,31)/b29-18-. The number of hydrogen-bond donors (Lipinski definition) is 2. The summed E-state index contributed by atoms with van der Waals surface area (Å²) in [6, 6.07) is 19.3. The lowest BCUT2D eigenvalue weighted by Gasteiger charge is -2.27. The predicted molar refractivity (Wildman–Crippen MR) is 133 cm³/mol. The van der Waals surface area contributed by atoms with Crippen LogP contribution in [0.5, 0.6) is 5.75 Å². The second kappa shape index (κ2) is 9.35. The molecule has 0 aliphatic heterocycles. The van der Waals surface area contributed by atoms with Crippen LogP contribution in [0, 0.1) is 0 Å². The monoisotopic (exact) mass is 428 g/mol. The molecule has 0 aliphatic rings. The smallest absolute Gasteiger partial charge is 0.172 e. The number of hydrogen-bond acceptors (Lipinski definition) is 4. The van der Waals surface area contributed by atoms with Crippen LogP contribution < -0.4 is 5.43 Å². The number of pyridine rings is 1. The fraction of sp³-hybridized carbons (Fsp3) is 0.296. The van der Waals surface area contributed by atoms with E-state index in [-0.39, 0.29) is 10.8 Å². The second-order valence-electron chi connectivity index (χ2n) is 9.85. The van der Waals surface area contributed by atoms with E-state index in [0.717, 1.165) is 22.4 Å². The van der Waals surface area contributed by atoms with Crippen LogP contribution in [0.15, 0.2) is 77.0 Å². The van der Waals surface area contributed by atoms with Crippen LogP contribution in [0.1, 0.15) is 63.9 Å². The van der Waals surface area contributed by atoms with Crippen molar-refractivity contribution in [2.24, 2.45) is 10.1 Å². The van der Waals surface area contributed by atoms with Crippen LogP contribution in [-0.4, -0.2) is 22.1 Å². The zero-order valence-corrected chi connectivity index (χ0v) is 19.7. The van der Waals surface area contributed by atoms with Crippen LogP contribution >= 0.6 is 0 Å². The van der Waals surface area contributed by atoms with Gasteiger partial charge in [-0.2, -0.15) is 5.10 Å². The maximum atomic E-state index is 10.9. The Morgan fingerprint density at radius 3 is 2.00 bits per heavy atom. The number of benzene rings is 2. The first-order valence-electron chi connectivity index (χ1n) is 10.8. The third kappa shape index (κ3) is 5.82. The van der Waals surface area contributed by atoms with Crippen LogP contribution in [0.25, 0.3) is 0 Å². The van der Waals surface area contributed by atoms with Gasteiger partial charge >= 0.3 is 0 Å². The molecule has 5 heteroatoms. The van der Waals surface area contributed by atoms with Crippen molar-refractivity contribution in [1.29, 1.82) is 0 Å². The van der Waals surface area contributed by atoms with Gasteiger partial charge in [0.2, 0.25) is 0 Å². The van der Waals surface area contributed by atoms with E-state index in [1.54, 1.807) is 12.4 Å². The lowest BCUT2D eigenvalue weighted by atomic mass is 9.78. The number of para-hydroxylation sites is 1. The first kappa shape index (κ1) is 23.2. The van der Waals surface area contributed by atoms with Gasteiger partial charge < -0.3 is 5.11 Å². The van der Waals surface area contributed by atoms with Gasteiger partial charge in [0.05, 0.1) is 11.9 Å². The van der Waals surface area contributed by atoms with Crippen molar-refractivity contribution < 1.29 is 5.11 Å². The minimum absolute atomic E-state index is 0.199. The van der Waals surface area contributed by atoms with E-state index in [2.05, 4.69) is 62.0 Å². The number of nitrogens with one attached hydrogen (secondary N) is 1. The van der Waals surface area contributed by atoms with Crippen molar-refractivity contribution in [3.05, 3.63) is 89.2 Å². The molecule has 0 saturated heterocycles. The Balaban J connectivity index is 1.97. The molecule has 0 fully saturated rings. The van der Waals surface area contributed by atoms with E-state index in [1.807, 2.05) is 60.7 Å². The number of aromatic hydroxyl groups is 1. The summed E-state index contributed by atoms with van der Waals surface area (Å²) in [6.07, 6.45) is 3.49. The number of amidine groups is 1. The van der Waals surface area contributed by atoms with E-state index < -0.39 is 0 Å². The van der Waals surface area contributed by atoms with Crippen LogP contribution in [0.4, 0.5) is 5.69 Å². The van der Waals surface area contributed by atoms with Gasteiger partial charge in [0.25, 0.3) is 0 Å². The molecule has 5 nitrogen and oxygen atoms in total. The minimum Gasteiger partial charge on any atom is -0.507 e. The highest BCUT2D eigenvalue weighted by atomic mass is 16.3. The van der Waals surface area contributed by atoms with Crippen molar-refractivity contribution in [3.63, 3.8) is 0 Å². The highest BCUT2D eigenvalue weighted by molar-refractivity contribution is 5.99. The first-order chi connectivity index (χ1) is 15.1. The highest BCUT2D eigenvalue weighted by Crippen LogP contribution is 2.39. The molecule has 0 radical (unpaired) electrons. The molecule has 32 heavy (non-hydrogen) atoms. The number of phenols is 1. The lowest BCUT2D eigenvalue weighted by Crippen LogP contribution is -2.20. The average Bonchev–Trinajstić information content (AvgIpc) is 2.73. The maximum Gasteiger partial charge on any atom is 0.172 e. The quantitative estimate of drug-likeness (QED) is 0.300. The Morgan fingerprint density at radius 1 is 0.875 bits per heavy atom. The lowest BCUT2D eigenvalue weighted by molar-refractivity contribution is 0.423. The second-order valence-corrected chi connectivity index (χ2v) is 9.85. The van der Waals surface area contributed by atoms with Crippen LogP contribution in [0.2, 0.25) is 0 Å². The Bertz CT molecular complexity index is 1070. The van der Waals surface area contributed by atoms with E-state index in [9.17, 15) is 5.11 Å². The summed E-state index contributed by atoms with van der Waals surface area (Å²) in [5, 5.41) is 15.4. The molecule has 1 aromatic heterocycles. The van der Waals surface area contributed by atoms with Gasteiger partial charge in [0.1, 0.15) is 11.4 Å². The normalized spacial score (nSPS) is 12.9. The molecule has 0 saturated carbocycles. The van der Waals surface area contributed by atoms with Crippen molar-refractivity contribution in [2.75, 3.05) is 0 Å². The van der Waals surface area contributed by atoms with Crippen molar-refractivity contribution in [1.82, 2.24) is 10.4 Å². The largest absolute Gasteiger partial charge is 0.507 e. The van der Waals surface area contributed by atoms with Crippen molar-refractivity contribution in [2.45, 2.75) is 52.4 Å². The molecule has 3 aromatic rings. The number of nitrogens with zero attached hydrogens (tertiary/aromatic N) is 3. The highest BCUT2D eigenvalue weighted by Gasteiger charge is 2.26. The number of rotatable bonds is 4. The molecular weight excluding hydrogens is 396 g/mol. The van der Waals surface area contributed by atoms with Gasteiger partial charge in [-0.15, -0.1) is 0 Å². The Labute approximate surface area is 191 Å². The average molecular weight is 429 g/mol. The van der Waals surface area contributed by atoms with Gasteiger partial charge in [0, 0.05) is 17.3 Å². The molecule has 166 valence electrons. The van der Waals surface area contributed by atoms with Crippen LogP contribution in [-0.2, 0) is 10.8 Å². The Kier molecular flexibility index (Phi) is 6.78. The molecule has 0 amide bonds. The fourth-order valence-corrected chi connectivity index (χ4v) is 3.32. The van der Waals surface area contributed by atoms with E-state index in [0.29, 0.717) is 17.3 Å². The summed E-state index contributed by atoms with van der Waals surface area (Å²) in [4.78, 5) is 9.08. The third-order valence-corrected chi connectivity index (χ3v) is 5.04. The molecular formula is C27H32N4O. The predicted octanol–water partition coefficient (Wildman–Crippen LogP) is 6.08. The maximum absolute atomic E-state index is 10.9. The molecule has 0 unspecified atom stereocenters. The fourth-order valence-electron chi connectivity index (χ4n) is 3.32. The van der Waals surface area contributed by atoms with Gasteiger partial charge in [-0.25, -0.2) is 4.99 Å². The summed E-state index contributed by atoms with van der Waals surface area (Å²) in [5.41, 5.74) is 6.87. The third-order valence-electron chi connectivity index (χ3n) is 5.04. The van der Waals surface area contributed by atoms with Crippen molar-refractivity contribution in [3.8, 4) is 5.75 Å². The van der Waals surface area contributed by atoms with Crippen LogP contribution in [0.3, 0.4) is 0 Å². The molecule has 0 aliphatic carbocycles. The first-order valence-corrected chi connectivity index (χ1v) is 10.8. The van der Waals surface area contributed by atoms with Gasteiger partial charge in [-0.05, 0) is 52.8 Å². The zero-order valence-electron chi connectivity index (χ0n) is 19.7. The number of phenolic OH excluding ortho intramolecular Hbond substituents is 1. The number of hydrazone groups is 1. The minimum atomic E-state index is -0.199. The molecule has 3 rings (SSSR count). The summed E-state index contributed by atoms with van der Waals surface area (Å²) < 4.78 is 0. The summed E-state index contributed by atoms with van der Waals surface area (Å²) in [7, 11) is 0. The molecule has 2 N–H and O–H groups in total. The summed E-state index contributed by atoms with van der Waals surface area (Å²) >= 11 is 0. The van der Waals surface area contributed by atoms with E-state index in [1.165, 1.54) is 0 Å². The Morgan fingerprint density at radius 2 is 1.47 bits per heavy atom. The van der Waals surface area contributed by atoms with Gasteiger partial charge in [0.15, 0.2) is 5.84 Å². The van der Waals surface area contributed by atoms with E-state index in [4.69, 9.17) is 0 Å². The summed E-state index contributed by atoms with van der Waals surface area (Å²) in [5.74, 6) is 0.911. The topological polar surface area (TPSA) is 69.9 Å². The van der Waals surface area contributed by atoms with E-state index >= 15 is 0 Å². The molecule has 1 heterocycles. The molecule has 0 atom stereocenters. The van der Waals surface area contributed by atoms with Gasteiger partial charge in [-0.1, -0.05) is 65.8 Å². The molecule has 0 spiro atoms. The zero-order chi connectivity index (χ0) is 23.4. The molecule has 0 bridgehead atoms. The summed E-state index contributed by atoms with van der Waals surface area (Å²) in [6.45, 7) is 12.6. The molecule has 2 aromatic carbocycles.